The Morgan fingerprint density at radius 3 is 2.37 bits per heavy atom. The average Bonchev–Trinajstić information content (AvgIpc) is 3.22. The fourth-order valence-corrected chi connectivity index (χ4v) is 2.92. The fourth-order valence-electron chi connectivity index (χ4n) is 2.92. The number of hydrogen-bond acceptors (Lipinski definition) is 3. The number of nitrogens with two attached hydrogens (primary N) is 1. The molecule has 1 aliphatic heterocycles. The van der Waals surface area contributed by atoms with Crippen LogP contribution in [0.1, 0.15) is 45.4 Å². The van der Waals surface area contributed by atoms with Gasteiger partial charge in [0.2, 0.25) is 5.91 Å². The van der Waals surface area contributed by atoms with Crippen LogP contribution in [0.4, 0.5) is 0 Å². The number of hydrogen-bond donors (Lipinski definition) is 2. The quantitative estimate of drug-likeness (QED) is 0.785. The van der Waals surface area contributed by atoms with Gasteiger partial charge in [0.15, 0.2) is 0 Å². The summed E-state index contributed by atoms with van der Waals surface area (Å²) in [4.78, 5) is 25.2. The molecule has 1 aliphatic carbocycles. The maximum Gasteiger partial charge on any atom is 0.309 e. The van der Waals surface area contributed by atoms with Crippen molar-refractivity contribution in [1.29, 1.82) is 0 Å². The summed E-state index contributed by atoms with van der Waals surface area (Å²) in [6.07, 6.45) is 4.45. The number of aliphatic carboxylic acids is 1. The molecule has 5 nitrogen and oxygen atoms in total. The van der Waals surface area contributed by atoms with Crippen LogP contribution in [0, 0.1) is 11.3 Å². The topological polar surface area (TPSA) is 83.6 Å². The van der Waals surface area contributed by atoms with E-state index in [4.69, 9.17) is 5.73 Å². The monoisotopic (exact) mass is 268 g/mol. The zero-order chi connectivity index (χ0) is 14.0. The van der Waals surface area contributed by atoms with E-state index in [-0.39, 0.29) is 11.9 Å². The fraction of sp³-hybridized carbons (Fsp3) is 0.857. The maximum absolute atomic E-state index is 12.1. The van der Waals surface area contributed by atoms with Crippen LogP contribution in [-0.2, 0) is 9.59 Å². The second-order valence-electron chi connectivity index (χ2n) is 6.03. The van der Waals surface area contributed by atoms with Crippen molar-refractivity contribution < 1.29 is 14.7 Å². The third-order valence-corrected chi connectivity index (χ3v) is 4.84. The van der Waals surface area contributed by atoms with Gasteiger partial charge in [0.05, 0.1) is 5.41 Å². The minimum Gasteiger partial charge on any atom is -0.481 e. The smallest absolute Gasteiger partial charge is 0.309 e. The Morgan fingerprint density at radius 2 is 1.95 bits per heavy atom. The third-order valence-electron chi connectivity index (χ3n) is 4.84. The molecular weight excluding hydrogens is 244 g/mol. The molecule has 0 radical (unpaired) electrons. The summed E-state index contributed by atoms with van der Waals surface area (Å²) in [6.45, 7) is 3.02. The van der Waals surface area contributed by atoms with E-state index >= 15 is 0 Å². The van der Waals surface area contributed by atoms with Gasteiger partial charge in [-0.05, 0) is 38.0 Å². The second-order valence-corrected chi connectivity index (χ2v) is 6.03. The van der Waals surface area contributed by atoms with Gasteiger partial charge in [-0.3, -0.25) is 9.59 Å². The van der Waals surface area contributed by atoms with Gasteiger partial charge in [-0.15, -0.1) is 0 Å². The van der Waals surface area contributed by atoms with Crippen molar-refractivity contribution in [1.82, 2.24) is 4.90 Å². The molecule has 1 saturated heterocycles. The SMILES string of the molecule is CCC1(C(=O)O)CCN(C(=O)CC(N)C2CC2)CC1. The van der Waals surface area contributed by atoms with Crippen molar-refractivity contribution in [3.8, 4) is 0 Å². The number of carbonyl (C=O) groups excluding carboxylic acids is 1. The molecule has 108 valence electrons. The van der Waals surface area contributed by atoms with Gasteiger partial charge in [0.25, 0.3) is 0 Å². The van der Waals surface area contributed by atoms with Crippen molar-refractivity contribution >= 4 is 11.9 Å². The van der Waals surface area contributed by atoms with E-state index in [9.17, 15) is 14.7 Å². The molecule has 5 heteroatoms. The van der Waals surface area contributed by atoms with Crippen LogP contribution in [0.3, 0.4) is 0 Å². The number of carboxylic acid groups (broad SMARTS) is 1. The summed E-state index contributed by atoms with van der Waals surface area (Å²) in [5.41, 5.74) is 5.34. The minimum atomic E-state index is -0.725. The first-order valence-electron chi connectivity index (χ1n) is 7.25. The third kappa shape index (κ3) is 3.08. The van der Waals surface area contributed by atoms with Crippen molar-refractivity contribution in [2.24, 2.45) is 17.1 Å². The lowest BCUT2D eigenvalue weighted by molar-refractivity contribution is -0.154. The van der Waals surface area contributed by atoms with Gasteiger partial charge in [-0.1, -0.05) is 6.92 Å². The minimum absolute atomic E-state index is 0.00941. The van der Waals surface area contributed by atoms with Gasteiger partial charge in [0, 0.05) is 25.6 Å². The number of carboxylic acids is 1. The molecule has 0 aromatic heterocycles. The zero-order valence-corrected chi connectivity index (χ0v) is 11.6. The predicted molar refractivity (Wildman–Crippen MR) is 71.5 cm³/mol. The van der Waals surface area contributed by atoms with Crippen molar-refractivity contribution in [2.75, 3.05) is 13.1 Å². The van der Waals surface area contributed by atoms with Crippen LogP contribution in [-0.4, -0.2) is 41.0 Å². The van der Waals surface area contributed by atoms with E-state index in [1.807, 2.05) is 6.92 Å². The Bertz CT molecular complexity index is 358. The lowest BCUT2D eigenvalue weighted by atomic mass is 9.76. The molecule has 1 heterocycles. The van der Waals surface area contributed by atoms with Crippen LogP contribution in [0.5, 0.6) is 0 Å². The molecule has 0 spiro atoms. The molecule has 19 heavy (non-hydrogen) atoms. The summed E-state index contributed by atoms with van der Waals surface area (Å²) < 4.78 is 0. The van der Waals surface area contributed by atoms with Crippen LogP contribution in [0.2, 0.25) is 0 Å². The molecule has 0 bridgehead atoms. The molecule has 3 N–H and O–H groups in total. The molecule has 1 amide bonds. The lowest BCUT2D eigenvalue weighted by Gasteiger charge is -2.38. The van der Waals surface area contributed by atoms with Crippen LogP contribution in [0.15, 0.2) is 0 Å². The Morgan fingerprint density at radius 1 is 1.37 bits per heavy atom. The predicted octanol–water partition coefficient (Wildman–Crippen LogP) is 1.22. The van der Waals surface area contributed by atoms with E-state index in [0.29, 0.717) is 44.7 Å². The lowest BCUT2D eigenvalue weighted by Crippen LogP contribution is -2.47. The first kappa shape index (κ1) is 14.3. The largest absolute Gasteiger partial charge is 0.481 e. The molecule has 0 aromatic carbocycles. The van der Waals surface area contributed by atoms with Crippen molar-refractivity contribution in [2.45, 2.75) is 51.5 Å². The first-order chi connectivity index (χ1) is 8.98. The molecule has 1 atom stereocenters. The Labute approximate surface area is 114 Å². The molecule has 2 rings (SSSR count). The molecule has 1 unspecified atom stereocenters. The molecular formula is C14H24N2O3. The Hall–Kier alpha value is -1.10. The molecule has 0 aromatic rings. The van der Waals surface area contributed by atoms with Crippen molar-refractivity contribution in [3.63, 3.8) is 0 Å². The van der Waals surface area contributed by atoms with E-state index in [1.165, 1.54) is 0 Å². The number of rotatable bonds is 5. The van der Waals surface area contributed by atoms with Gasteiger partial charge < -0.3 is 15.7 Å². The first-order valence-corrected chi connectivity index (χ1v) is 7.25. The zero-order valence-electron chi connectivity index (χ0n) is 11.6. The van der Waals surface area contributed by atoms with E-state index in [1.54, 1.807) is 4.90 Å². The van der Waals surface area contributed by atoms with Crippen LogP contribution >= 0.6 is 0 Å². The highest BCUT2D eigenvalue weighted by atomic mass is 16.4. The average molecular weight is 268 g/mol. The number of likely N-dealkylation sites (tertiary alicyclic amines) is 1. The van der Waals surface area contributed by atoms with Crippen LogP contribution in [0.25, 0.3) is 0 Å². The maximum atomic E-state index is 12.1. The highest BCUT2D eigenvalue weighted by Gasteiger charge is 2.41. The highest BCUT2D eigenvalue weighted by molar-refractivity contribution is 5.78. The summed E-state index contributed by atoms with van der Waals surface area (Å²) >= 11 is 0. The Balaban J connectivity index is 1.85. The number of carbonyl (C=O) groups is 2. The normalized spacial score (nSPS) is 24.0. The summed E-state index contributed by atoms with van der Waals surface area (Å²) in [7, 11) is 0. The molecule has 1 saturated carbocycles. The van der Waals surface area contributed by atoms with Crippen molar-refractivity contribution in [3.05, 3.63) is 0 Å². The second kappa shape index (κ2) is 5.49. The van der Waals surface area contributed by atoms with E-state index < -0.39 is 11.4 Å². The standard InChI is InChI=1S/C14H24N2O3/c1-2-14(13(18)19)5-7-16(8-6-14)12(17)9-11(15)10-3-4-10/h10-11H,2-9,15H2,1H3,(H,18,19). The molecule has 2 fully saturated rings. The van der Waals surface area contributed by atoms with Gasteiger partial charge >= 0.3 is 5.97 Å². The Kier molecular flexibility index (Phi) is 4.13. The summed E-state index contributed by atoms with van der Waals surface area (Å²) in [5.74, 6) is -0.103. The van der Waals surface area contributed by atoms with Gasteiger partial charge in [-0.2, -0.15) is 0 Å². The van der Waals surface area contributed by atoms with E-state index in [0.717, 1.165) is 12.8 Å². The van der Waals surface area contributed by atoms with Crippen LogP contribution < -0.4 is 5.73 Å². The highest BCUT2D eigenvalue weighted by Crippen LogP contribution is 2.36. The summed E-state index contributed by atoms with van der Waals surface area (Å²) in [5, 5.41) is 9.32. The van der Waals surface area contributed by atoms with Gasteiger partial charge in [0.1, 0.15) is 0 Å². The van der Waals surface area contributed by atoms with E-state index in [2.05, 4.69) is 0 Å². The molecule has 2 aliphatic rings. The number of piperidine rings is 1. The number of amides is 1. The number of nitrogens with zero attached hydrogens (tertiary/aromatic N) is 1. The summed E-state index contributed by atoms with van der Waals surface area (Å²) in [6, 6.07) is -0.00941. The van der Waals surface area contributed by atoms with Gasteiger partial charge in [-0.25, -0.2) is 0 Å².